The number of aromatic hydroxyl groups is 1. The zero-order chi connectivity index (χ0) is 12.4. The van der Waals surface area contributed by atoms with Gasteiger partial charge in [-0.05, 0) is 27.0 Å². The zero-order valence-corrected chi connectivity index (χ0v) is 11.0. The first kappa shape index (κ1) is 12.4. The molecular weight excluding hydrogens is 212 g/mol. The van der Waals surface area contributed by atoms with Crippen LogP contribution in [-0.4, -0.2) is 48.1 Å². The van der Waals surface area contributed by atoms with Crippen LogP contribution in [0.15, 0.2) is 18.2 Å². The molecule has 3 heteroatoms. The van der Waals surface area contributed by atoms with Crippen molar-refractivity contribution in [3.05, 3.63) is 29.3 Å². The maximum Gasteiger partial charge on any atom is 0.120 e. The van der Waals surface area contributed by atoms with E-state index in [0.717, 1.165) is 31.7 Å². The molecule has 1 aromatic rings. The largest absolute Gasteiger partial charge is 0.508 e. The molecule has 0 saturated carbocycles. The van der Waals surface area contributed by atoms with Crippen LogP contribution in [0.1, 0.15) is 24.1 Å². The van der Waals surface area contributed by atoms with E-state index in [1.54, 1.807) is 6.07 Å². The van der Waals surface area contributed by atoms with Gasteiger partial charge in [0.2, 0.25) is 0 Å². The molecule has 1 unspecified atom stereocenters. The number of phenols is 1. The second-order valence-electron chi connectivity index (χ2n) is 5.08. The first-order chi connectivity index (χ1) is 8.08. The predicted octanol–water partition coefficient (Wildman–Crippen LogP) is 2.01. The first-order valence-electron chi connectivity index (χ1n) is 6.30. The normalized spacial score (nSPS) is 20.4. The summed E-state index contributed by atoms with van der Waals surface area (Å²) in [5.41, 5.74) is 2.26. The molecule has 0 bridgehead atoms. The Morgan fingerprint density at radius 1 is 1.18 bits per heavy atom. The summed E-state index contributed by atoms with van der Waals surface area (Å²) in [7, 11) is 2.16. The second-order valence-corrected chi connectivity index (χ2v) is 5.08. The van der Waals surface area contributed by atoms with Crippen LogP contribution in [0.2, 0.25) is 0 Å². The Morgan fingerprint density at radius 3 is 2.47 bits per heavy atom. The van der Waals surface area contributed by atoms with Crippen LogP contribution >= 0.6 is 0 Å². The topological polar surface area (TPSA) is 26.7 Å². The third kappa shape index (κ3) is 2.79. The number of rotatable bonds is 2. The average molecular weight is 234 g/mol. The Bertz CT molecular complexity index is 384. The molecule has 1 atom stereocenters. The molecule has 1 fully saturated rings. The van der Waals surface area contributed by atoms with E-state index in [4.69, 9.17) is 0 Å². The van der Waals surface area contributed by atoms with Gasteiger partial charge in [0.15, 0.2) is 0 Å². The van der Waals surface area contributed by atoms with Crippen molar-refractivity contribution in [3.63, 3.8) is 0 Å². The summed E-state index contributed by atoms with van der Waals surface area (Å²) < 4.78 is 0. The van der Waals surface area contributed by atoms with Gasteiger partial charge in [0, 0.05) is 37.8 Å². The quantitative estimate of drug-likeness (QED) is 0.848. The van der Waals surface area contributed by atoms with E-state index in [0.29, 0.717) is 11.8 Å². The Hall–Kier alpha value is -1.06. The van der Waals surface area contributed by atoms with Crippen LogP contribution < -0.4 is 0 Å². The molecular formula is C14H22N2O. The van der Waals surface area contributed by atoms with Gasteiger partial charge in [0.1, 0.15) is 5.75 Å². The maximum absolute atomic E-state index is 9.95. The molecule has 1 N–H and O–H groups in total. The molecule has 94 valence electrons. The van der Waals surface area contributed by atoms with Crippen LogP contribution in [0, 0.1) is 6.92 Å². The predicted molar refractivity (Wildman–Crippen MR) is 70.3 cm³/mol. The number of hydrogen-bond donors (Lipinski definition) is 1. The zero-order valence-electron chi connectivity index (χ0n) is 11.0. The van der Waals surface area contributed by atoms with Gasteiger partial charge >= 0.3 is 0 Å². The lowest BCUT2D eigenvalue weighted by molar-refractivity contribution is 0.118. The first-order valence-corrected chi connectivity index (χ1v) is 6.30. The van der Waals surface area contributed by atoms with Gasteiger partial charge in [-0.3, -0.25) is 4.90 Å². The minimum Gasteiger partial charge on any atom is -0.508 e. The number of phenolic OH excluding ortho intramolecular Hbond substituents is 1. The molecule has 1 saturated heterocycles. The number of piperazine rings is 1. The SMILES string of the molecule is Cc1ccc(O)c(C(C)N2CCN(C)CC2)c1. The summed E-state index contributed by atoms with van der Waals surface area (Å²) in [6.45, 7) is 8.61. The van der Waals surface area contributed by atoms with E-state index in [1.165, 1.54) is 5.56 Å². The van der Waals surface area contributed by atoms with Gasteiger partial charge in [0.25, 0.3) is 0 Å². The third-order valence-corrected chi connectivity index (χ3v) is 3.72. The highest BCUT2D eigenvalue weighted by Gasteiger charge is 2.22. The van der Waals surface area contributed by atoms with Crippen LogP contribution in [0.5, 0.6) is 5.75 Å². The van der Waals surface area contributed by atoms with Gasteiger partial charge in [-0.15, -0.1) is 0 Å². The standard InChI is InChI=1S/C14H22N2O/c1-11-4-5-14(17)13(10-11)12(2)16-8-6-15(3)7-9-16/h4-5,10,12,17H,6-9H2,1-3H3. The van der Waals surface area contributed by atoms with Gasteiger partial charge < -0.3 is 10.0 Å². The molecule has 1 heterocycles. The smallest absolute Gasteiger partial charge is 0.120 e. The Labute approximate surface area is 104 Å². The molecule has 0 spiro atoms. The van der Waals surface area contributed by atoms with Crippen molar-refractivity contribution in [3.8, 4) is 5.75 Å². The Balaban J connectivity index is 2.13. The van der Waals surface area contributed by atoms with Crippen molar-refractivity contribution >= 4 is 0 Å². The molecule has 1 aliphatic heterocycles. The molecule has 17 heavy (non-hydrogen) atoms. The van der Waals surface area contributed by atoms with E-state index in [9.17, 15) is 5.11 Å². The van der Waals surface area contributed by atoms with Crippen molar-refractivity contribution in [2.45, 2.75) is 19.9 Å². The van der Waals surface area contributed by atoms with Crippen molar-refractivity contribution < 1.29 is 5.11 Å². The lowest BCUT2D eigenvalue weighted by Gasteiger charge is -2.36. The van der Waals surface area contributed by atoms with Crippen LogP contribution in [0.25, 0.3) is 0 Å². The second kappa shape index (κ2) is 5.07. The van der Waals surface area contributed by atoms with Crippen molar-refractivity contribution in [1.82, 2.24) is 9.80 Å². The minimum atomic E-state index is 0.295. The van der Waals surface area contributed by atoms with E-state index in [2.05, 4.69) is 36.8 Å². The molecule has 0 aromatic heterocycles. The summed E-state index contributed by atoms with van der Waals surface area (Å²) in [5, 5.41) is 9.95. The molecule has 0 aliphatic carbocycles. The molecule has 2 rings (SSSR count). The van der Waals surface area contributed by atoms with Crippen LogP contribution in [0.3, 0.4) is 0 Å². The summed E-state index contributed by atoms with van der Waals surface area (Å²) in [5.74, 6) is 0.419. The van der Waals surface area contributed by atoms with Gasteiger partial charge in [-0.1, -0.05) is 17.7 Å². The lowest BCUT2D eigenvalue weighted by Crippen LogP contribution is -2.45. The van der Waals surface area contributed by atoms with Gasteiger partial charge in [-0.25, -0.2) is 0 Å². The number of aryl methyl sites for hydroxylation is 1. The highest BCUT2D eigenvalue weighted by Crippen LogP contribution is 2.29. The third-order valence-electron chi connectivity index (χ3n) is 3.72. The van der Waals surface area contributed by atoms with Crippen LogP contribution in [-0.2, 0) is 0 Å². The molecule has 3 nitrogen and oxygen atoms in total. The summed E-state index contributed by atoms with van der Waals surface area (Å²) in [4.78, 5) is 4.79. The average Bonchev–Trinajstić information content (AvgIpc) is 2.32. The minimum absolute atomic E-state index is 0.295. The molecule has 0 radical (unpaired) electrons. The fourth-order valence-corrected chi connectivity index (χ4v) is 2.41. The van der Waals surface area contributed by atoms with Crippen molar-refractivity contribution in [1.29, 1.82) is 0 Å². The lowest BCUT2D eigenvalue weighted by atomic mass is 10.0. The summed E-state index contributed by atoms with van der Waals surface area (Å²) in [6.07, 6.45) is 0. The molecule has 1 aliphatic rings. The van der Waals surface area contributed by atoms with E-state index >= 15 is 0 Å². The number of hydrogen-bond acceptors (Lipinski definition) is 3. The molecule has 1 aromatic carbocycles. The fourth-order valence-electron chi connectivity index (χ4n) is 2.41. The fraction of sp³-hybridized carbons (Fsp3) is 0.571. The maximum atomic E-state index is 9.95. The summed E-state index contributed by atoms with van der Waals surface area (Å²) in [6, 6.07) is 6.15. The van der Waals surface area contributed by atoms with E-state index in [1.807, 2.05) is 6.07 Å². The Kier molecular flexibility index (Phi) is 3.69. The van der Waals surface area contributed by atoms with E-state index < -0.39 is 0 Å². The monoisotopic (exact) mass is 234 g/mol. The number of likely N-dealkylation sites (N-methyl/N-ethyl adjacent to an activating group) is 1. The van der Waals surface area contributed by atoms with Crippen molar-refractivity contribution in [2.75, 3.05) is 33.2 Å². The Morgan fingerprint density at radius 2 is 1.82 bits per heavy atom. The highest BCUT2D eigenvalue weighted by atomic mass is 16.3. The van der Waals surface area contributed by atoms with Crippen LogP contribution in [0.4, 0.5) is 0 Å². The van der Waals surface area contributed by atoms with Gasteiger partial charge in [-0.2, -0.15) is 0 Å². The summed E-state index contributed by atoms with van der Waals surface area (Å²) >= 11 is 0. The number of benzene rings is 1. The van der Waals surface area contributed by atoms with E-state index in [-0.39, 0.29) is 0 Å². The highest BCUT2D eigenvalue weighted by molar-refractivity contribution is 5.37. The van der Waals surface area contributed by atoms with Gasteiger partial charge in [0.05, 0.1) is 0 Å². The molecule has 0 amide bonds. The number of nitrogens with zero attached hydrogens (tertiary/aromatic N) is 2. The van der Waals surface area contributed by atoms with Crippen molar-refractivity contribution in [2.24, 2.45) is 0 Å².